The first-order chi connectivity index (χ1) is 18.5. The first-order valence-electron chi connectivity index (χ1n) is 12.2. The number of fused-ring (bicyclic) bond motifs is 1. The summed E-state index contributed by atoms with van der Waals surface area (Å²) < 4.78 is 42.0. The van der Waals surface area contributed by atoms with E-state index in [4.69, 9.17) is 15.6 Å². The number of nitrogens with two attached hydrogens (primary N) is 2. The SMILES string of the molecule is C=S(=O)(CCN)C(C(=O)NCCS(N)(=O)=O)c1nc2ccc(-c3ccc(C(=O)N4CCOCC4)cc3)cc2s1. The molecule has 2 aromatic carbocycles. The molecule has 5 N–H and O–H groups in total. The monoisotopic (exact) mass is 593 g/mol. The van der Waals surface area contributed by atoms with Crippen molar-refractivity contribution in [2.45, 2.75) is 5.25 Å². The number of aromatic nitrogens is 1. The molecule has 1 aliphatic rings. The number of sulfonamides is 1. The van der Waals surface area contributed by atoms with E-state index in [-0.39, 0.29) is 24.7 Å². The number of carbonyl (C=O) groups is 2. The van der Waals surface area contributed by atoms with Crippen molar-refractivity contribution in [1.29, 1.82) is 0 Å². The lowest BCUT2D eigenvalue weighted by Crippen LogP contribution is -2.40. The minimum absolute atomic E-state index is 0.00300. The second-order valence-corrected chi connectivity index (χ2v) is 14.5. The molecule has 2 amide bonds. The lowest BCUT2D eigenvalue weighted by atomic mass is 10.0. The zero-order chi connectivity index (χ0) is 28.2. The third-order valence-corrected chi connectivity index (χ3v) is 10.4. The molecule has 3 aromatic rings. The summed E-state index contributed by atoms with van der Waals surface area (Å²) in [6.07, 6.45) is 0. The van der Waals surface area contributed by atoms with Gasteiger partial charge in [-0.25, -0.2) is 18.5 Å². The van der Waals surface area contributed by atoms with E-state index in [0.717, 1.165) is 15.8 Å². The predicted molar refractivity (Wildman–Crippen MR) is 155 cm³/mol. The average molecular weight is 594 g/mol. The molecule has 0 bridgehead atoms. The molecule has 1 aromatic heterocycles. The van der Waals surface area contributed by atoms with Crippen LogP contribution in [0.25, 0.3) is 21.3 Å². The fourth-order valence-electron chi connectivity index (χ4n) is 4.21. The van der Waals surface area contributed by atoms with Gasteiger partial charge in [0.2, 0.25) is 15.9 Å². The van der Waals surface area contributed by atoms with Crippen molar-refractivity contribution in [3.63, 3.8) is 0 Å². The van der Waals surface area contributed by atoms with Crippen LogP contribution in [-0.4, -0.2) is 91.1 Å². The van der Waals surface area contributed by atoms with Crippen LogP contribution in [-0.2, 0) is 29.1 Å². The zero-order valence-electron chi connectivity index (χ0n) is 21.2. The third-order valence-electron chi connectivity index (χ3n) is 6.21. The van der Waals surface area contributed by atoms with Gasteiger partial charge < -0.3 is 20.7 Å². The smallest absolute Gasteiger partial charge is 0.254 e. The molecule has 4 rings (SSSR count). The molecule has 1 fully saturated rings. The summed E-state index contributed by atoms with van der Waals surface area (Å²) in [4.78, 5) is 32.1. The van der Waals surface area contributed by atoms with Crippen LogP contribution in [0, 0.1) is 0 Å². The summed E-state index contributed by atoms with van der Waals surface area (Å²) in [5.74, 6) is 2.64. The Hall–Kier alpha value is -2.88. The molecular weight excluding hydrogens is 563 g/mol. The lowest BCUT2D eigenvalue weighted by Gasteiger charge is -2.26. The van der Waals surface area contributed by atoms with Crippen molar-refractivity contribution >= 4 is 58.8 Å². The normalized spacial score (nSPS) is 16.5. The lowest BCUT2D eigenvalue weighted by molar-refractivity contribution is -0.120. The topological polar surface area (TPSA) is 175 Å². The van der Waals surface area contributed by atoms with E-state index >= 15 is 0 Å². The molecule has 210 valence electrons. The van der Waals surface area contributed by atoms with Gasteiger partial charge in [0.15, 0.2) is 5.25 Å². The second-order valence-electron chi connectivity index (χ2n) is 9.12. The molecule has 2 atom stereocenters. The van der Waals surface area contributed by atoms with Gasteiger partial charge in [-0.1, -0.05) is 18.2 Å². The van der Waals surface area contributed by atoms with Crippen LogP contribution >= 0.6 is 11.3 Å². The van der Waals surface area contributed by atoms with Crippen molar-refractivity contribution in [2.75, 3.05) is 50.9 Å². The molecule has 2 unspecified atom stereocenters. The minimum Gasteiger partial charge on any atom is -0.378 e. The zero-order valence-corrected chi connectivity index (χ0v) is 23.7. The van der Waals surface area contributed by atoms with Crippen molar-refractivity contribution < 1.29 is 27.0 Å². The van der Waals surface area contributed by atoms with E-state index in [0.29, 0.717) is 42.4 Å². The Kier molecular flexibility index (Phi) is 9.03. The van der Waals surface area contributed by atoms with Gasteiger partial charge in [-0.05, 0) is 50.8 Å². The first kappa shape index (κ1) is 29.1. The number of amides is 2. The van der Waals surface area contributed by atoms with E-state index in [1.807, 2.05) is 24.3 Å². The van der Waals surface area contributed by atoms with Crippen molar-refractivity contribution in [2.24, 2.45) is 10.9 Å². The van der Waals surface area contributed by atoms with Crippen molar-refractivity contribution in [3.05, 3.63) is 53.0 Å². The highest BCUT2D eigenvalue weighted by molar-refractivity contribution is 8.01. The molecule has 2 heterocycles. The van der Waals surface area contributed by atoms with Crippen LogP contribution in [0.2, 0.25) is 0 Å². The number of ether oxygens (including phenoxy) is 1. The number of primary sulfonamides is 1. The van der Waals surface area contributed by atoms with E-state index in [1.165, 1.54) is 11.3 Å². The summed E-state index contributed by atoms with van der Waals surface area (Å²) >= 11 is 1.21. The number of nitrogens with one attached hydrogen (secondary N) is 1. The fraction of sp³-hybridized carbons (Fsp3) is 0.360. The van der Waals surface area contributed by atoms with Gasteiger partial charge in [-0.2, -0.15) is 0 Å². The molecule has 0 radical (unpaired) electrons. The fourth-order valence-corrected chi connectivity index (χ4v) is 7.78. The molecule has 39 heavy (non-hydrogen) atoms. The minimum atomic E-state index is -3.78. The summed E-state index contributed by atoms with van der Waals surface area (Å²) in [7, 11) is -6.82. The largest absolute Gasteiger partial charge is 0.378 e. The van der Waals surface area contributed by atoms with Gasteiger partial charge in [0.05, 0.1) is 29.2 Å². The average Bonchev–Trinajstić information content (AvgIpc) is 3.30. The van der Waals surface area contributed by atoms with Crippen molar-refractivity contribution in [3.8, 4) is 11.1 Å². The van der Waals surface area contributed by atoms with E-state index in [9.17, 15) is 22.2 Å². The van der Waals surface area contributed by atoms with Crippen LogP contribution in [0.15, 0.2) is 42.5 Å². The third kappa shape index (κ3) is 7.21. The van der Waals surface area contributed by atoms with E-state index in [2.05, 4.69) is 16.2 Å². The number of morpholine rings is 1. The van der Waals surface area contributed by atoms with Gasteiger partial charge in [0.25, 0.3) is 5.91 Å². The molecule has 0 saturated carbocycles. The number of hydrogen-bond acceptors (Lipinski definition) is 9. The molecule has 11 nitrogen and oxygen atoms in total. The summed E-state index contributed by atoms with van der Waals surface area (Å²) in [5, 5.41) is 6.61. The highest BCUT2D eigenvalue weighted by Crippen LogP contribution is 2.34. The Morgan fingerprint density at radius 1 is 1.08 bits per heavy atom. The van der Waals surface area contributed by atoms with Crippen LogP contribution in [0.3, 0.4) is 0 Å². The van der Waals surface area contributed by atoms with Crippen LogP contribution in [0.4, 0.5) is 0 Å². The molecular formula is C25H31N5O6S3. The Morgan fingerprint density at radius 2 is 1.74 bits per heavy atom. The predicted octanol–water partition coefficient (Wildman–Crippen LogP) is 0.557. The van der Waals surface area contributed by atoms with Gasteiger partial charge >= 0.3 is 0 Å². The number of carbonyl (C=O) groups excluding carboxylic acids is 2. The van der Waals surface area contributed by atoms with Gasteiger partial charge in [-0.3, -0.25) is 13.8 Å². The summed E-state index contributed by atoms with van der Waals surface area (Å²) in [5.41, 5.74) is 8.62. The van der Waals surface area contributed by atoms with Gasteiger partial charge in [0, 0.05) is 37.5 Å². The summed E-state index contributed by atoms with van der Waals surface area (Å²) in [6, 6.07) is 12.9. The standard InChI is InChI=1S/C25H31N5O6S3/c1-38(33,14-8-26)22(23(31)28-9-15-39(27,34)35)24-29-20-7-6-19(16-21(20)37-24)17-2-4-18(5-3-17)25(32)30-10-12-36-13-11-30/h2-7,16,22H,1,8-15,26H2,(H,28,31)(H2,27,34,35). The summed E-state index contributed by atoms with van der Waals surface area (Å²) in [6.45, 7) is 2.04. The molecule has 1 saturated heterocycles. The first-order valence-corrected chi connectivity index (χ1v) is 16.7. The number of benzene rings is 2. The second kappa shape index (κ2) is 12.1. The Morgan fingerprint density at radius 3 is 2.38 bits per heavy atom. The highest BCUT2D eigenvalue weighted by Gasteiger charge is 2.32. The maximum atomic E-state index is 13.4. The molecule has 0 aliphatic carbocycles. The molecule has 14 heteroatoms. The highest BCUT2D eigenvalue weighted by atomic mass is 32.2. The Balaban J connectivity index is 1.59. The maximum absolute atomic E-state index is 13.4. The maximum Gasteiger partial charge on any atom is 0.254 e. The van der Waals surface area contributed by atoms with E-state index < -0.39 is 36.5 Å². The van der Waals surface area contributed by atoms with E-state index in [1.54, 1.807) is 23.1 Å². The number of nitrogens with zero attached hydrogens (tertiary/aromatic N) is 2. The quantitative estimate of drug-likeness (QED) is 0.286. The van der Waals surface area contributed by atoms with Gasteiger partial charge in [-0.15, -0.1) is 11.3 Å². The molecule has 0 spiro atoms. The number of hydrogen-bond donors (Lipinski definition) is 3. The Bertz CT molecular complexity index is 1560. The van der Waals surface area contributed by atoms with Crippen LogP contribution in [0.1, 0.15) is 20.6 Å². The Labute approximate surface area is 231 Å². The molecule has 1 aliphatic heterocycles. The van der Waals surface area contributed by atoms with Crippen LogP contribution < -0.4 is 16.2 Å². The van der Waals surface area contributed by atoms with Gasteiger partial charge in [0.1, 0.15) is 5.01 Å². The van der Waals surface area contributed by atoms with Crippen molar-refractivity contribution in [1.82, 2.24) is 15.2 Å². The van der Waals surface area contributed by atoms with Crippen LogP contribution in [0.5, 0.6) is 0 Å². The number of rotatable bonds is 10. The number of thiazole rings is 1.